The first-order valence-corrected chi connectivity index (χ1v) is 6.12. The van der Waals surface area contributed by atoms with Crippen molar-refractivity contribution >= 4 is 12.0 Å². The van der Waals surface area contributed by atoms with Gasteiger partial charge in [-0.25, -0.2) is 4.79 Å². The molecule has 1 aromatic carbocycles. The van der Waals surface area contributed by atoms with Crippen molar-refractivity contribution in [3.63, 3.8) is 0 Å². The van der Waals surface area contributed by atoms with Gasteiger partial charge in [-0.2, -0.15) is 5.26 Å². The molecule has 0 aliphatic rings. The second kappa shape index (κ2) is 7.22. The minimum Gasteiger partial charge on any atom is -0.494 e. The average Bonchev–Trinajstić information content (AvgIpc) is 2.36. The van der Waals surface area contributed by atoms with Crippen LogP contribution in [0.3, 0.4) is 0 Å². The van der Waals surface area contributed by atoms with Gasteiger partial charge in [0.25, 0.3) is 0 Å². The van der Waals surface area contributed by atoms with Crippen LogP contribution in [-0.4, -0.2) is 18.7 Å². The fourth-order valence-electron chi connectivity index (χ4n) is 1.44. The third-order valence-corrected chi connectivity index (χ3v) is 2.16. The van der Waals surface area contributed by atoms with Crippen LogP contribution < -0.4 is 4.74 Å². The quantitative estimate of drug-likeness (QED) is 0.463. The summed E-state index contributed by atoms with van der Waals surface area (Å²) in [6.45, 7) is 5.93. The molecule has 4 heteroatoms. The van der Waals surface area contributed by atoms with Gasteiger partial charge in [0.05, 0.1) is 12.7 Å². The van der Waals surface area contributed by atoms with E-state index in [9.17, 15) is 4.79 Å². The zero-order chi connectivity index (χ0) is 14.3. The van der Waals surface area contributed by atoms with Crippen molar-refractivity contribution in [1.82, 2.24) is 0 Å². The summed E-state index contributed by atoms with van der Waals surface area (Å²) in [7, 11) is 0. The molecule has 4 nitrogen and oxygen atoms in total. The summed E-state index contributed by atoms with van der Waals surface area (Å²) >= 11 is 0. The van der Waals surface area contributed by atoms with Crippen LogP contribution in [-0.2, 0) is 9.53 Å². The molecule has 0 saturated heterocycles. The standard InChI is InChI=1S/C15H17NO3/c1-4-18-14-7-5-6-12(9-14)8-13(10-16)15(17)19-11(2)3/h5-9,11H,4H2,1-3H3. The third-order valence-electron chi connectivity index (χ3n) is 2.16. The number of nitrogens with zero attached hydrogens (tertiary/aromatic N) is 1. The fourth-order valence-corrected chi connectivity index (χ4v) is 1.44. The molecule has 0 heterocycles. The Morgan fingerprint density at radius 2 is 2.21 bits per heavy atom. The maximum absolute atomic E-state index is 11.7. The Bertz CT molecular complexity index is 512. The molecule has 0 radical (unpaired) electrons. The van der Waals surface area contributed by atoms with E-state index < -0.39 is 5.97 Å². The number of benzene rings is 1. The van der Waals surface area contributed by atoms with Crippen LogP contribution in [0.1, 0.15) is 26.3 Å². The number of nitriles is 1. The van der Waals surface area contributed by atoms with E-state index in [0.717, 1.165) is 5.56 Å². The minimum absolute atomic E-state index is 0.0256. The molecule has 100 valence electrons. The lowest BCUT2D eigenvalue weighted by Crippen LogP contribution is -2.12. The molecule has 0 spiro atoms. The van der Waals surface area contributed by atoms with Gasteiger partial charge in [0.1, 0.15) is 17.4 Å². The van der Waals surface area contributed by atoms with Gasteiger partial charge < -0.3 is 9.47 Å². The van der Waals surface area contributed by atoms with Crippen molar-refractivity contribution in [3.8, 4) is 11.8 Å². The topological polar surface area (TPSA) is 59.3 Å². The molecule has 19 heavy (non-hydrogen) atoms. The van der Waals surface area contributed by atoms with Crippen molar-refractivity contribution < 1.29 is 14.3 Å². The average molecular weight is 259 g/mol. The Morgan fingerprint density at radius 1 is 1.47 bits per heavy atom. The summed E-state index contributed by atoms with van der Waals surface area (Å²) in [6, 6.07) is 9.04. The van der Waals surface area contributed by atoms with Crippen molar-refractivity contribution in [2.75, 3.05) is 6.61 Å². The first kappa shape index (κ1) is 14.8. The highest BCUT2D eigenvalue weighted by Crippen LogP contribution is 2.16. The van der Waals surface area contributed by atoms with E-state index in [1.54, 1.807) is 32.0 Å². The number of esters is 1. The molecule has 0 amide bonds. The van der Waals surface area contributed by atoms with Crippen LogP contribution >= 0.6 is 0 Å². The van der Waals surface area contributed by atoms with Crippen LogP contribution in [0, 0.1) is 11.3 Å². The van der Waals surface area contributed by atoms with Gasteiger partial charge in [-0.3, -0.25) is 0 Å². The van der Waals surface area contributed by atoms with Crippen molar-refractivity contribution in [2.45, 2.75) is 26.9 Å². The van der Waals surface area contributed by atoms with E-state index >= 15 is 0 Å². The predicted molar refractivity (Wildman–Crippen MR) is 72.4 cm³/mol. The molecule has 0 fully saturated rings. The zero-order valence-electron chi connectivity index (χ0n) is 11.3. The summed E-state index contributed by atoms with van der Waals surface area (Å²) in [5, 5.41) is 8.99. The second-order valence-corrected chi connectivity index (χ2v) is 4.13. The van der Waals surface area contributed by atoms with Gasteiger partial charge >= 0.3 is 5.97 Å². The lowest BCUT2D eigenvalue weighted by atomic mass is 10.1. The van der Waals surface area contributed by atoms with E-state index in [1.807, 2.05) is 19.1 Å². The molecule has 1 aromatic rings. The number of carbonyl (C=O) groups is 1. The Labute approximate surface area is 113 Å². The Balaban J connectivity index is 2.95. The van der Waals surface area contributed by atoms with Gasteiger partial charge in [-0.15, -0.1) is 0 Å². The number of hydrogen-bond donors (Lipinski definition) is 0. The monoisotopic (exact) mass is 259 g/mol. The van der Waals surface area contributed by atoms with Crippen LogP contribution in [0.4, 0.5) is 0 Å². The molecule has 0 saturated carbocycles. The normalized spacial score (nSPS) is 11.0. The van der Waals surface area contributed by atoms with E-state index in [2.05, 4.69) is 0 Å². The Morgan fingerprint density at radius 3 is 2.79 bits per heavy atom. The molecule has 0 aliphatic carbocycles. The first-order chi connectivity index (χ1) is 9.06. The first-order valence-electron chi connectivity index (χ1n) is 6.12. The van der Waals surface area contributed by atoms with Crippen LogP contribution in [0.5, 0.6) is 5.75 Å². The summed E-state index contributed by atoms with van der Waals surface area (Å²) in [5.41, 5.74) is 0.700. The van der Waals surface area contributed by atoms with Gasteiger partial charge in [-0.1, -0.05) is 12.1 Å². The highest BCUT2D eigenvalue weighted by molar-refractivity contribution is 5.98. The Hall–Kier alpha value is -2.28. The maximum atomic E-state index is 11.7. The molecule has 0 bridgehead atoms. The van der Waals surface area contributed by atoms with E-state index in [0.29, 0.717) is 12.4 Å². The zero-order valence-corrected chi connectivity index (χ0v) is 11.3. The van der Waals surface area contributed by atoms with Crippen LogP contribution in [0.2, 0.25) is 0 Å². The highest BCUT2D eigenvalue weighted by Gasteiger charge is 2.12. The molecule has 0 unspecified atom stereocenters. The SMILES string of the molecule is CCOc1cccc(C=C(C#N)C(=O)OC(C)C)c1. The lowest BCUT2D eigenvalue weighted by Gasteiger charge is -2.07. The van der Waals surface area contributed by atoms with Gasteiger partial charge in [0, 0.05) is 0 Å². The van der Waals surface area contributed by atoms with Crippen molar-refractivity contribution in [2.24, 2.45) is 0 Å². The molecule has 0 N–H and O–H groups in total. The van der Waals surface area contributed by atoms with E-state index in [1.165, 1.54) is 6.08 Å². The van der Waals surface area contributed by atoms with Gasteiger partial charge in [0.15, 0.2) is 0 Å². The lowest BCUT2D eigenvalue weighted by molar-refractivity contribution is -0.142. The molecule has 1 rings (SSSR count). The molecular weight excluding hydrogens is 242 g/mol. The minimum atomic E-state index is -0.612. The number of ether oxygens (including phenoxy) is 2. The van der Waals surface area contributed by atoms with Gasteiger partial charge in [-0.05, 0) is 44.5 Å². The molecule has 0 aromatic heterocycles. The summed E-state index contributed by atoms with van der Waals surface area (Å²) in [6.07, 6.45) is 1.24. The summed E-state index contributed by atoms with van der Waals surface area (Å²) < 4.78 is 10.4. The second-order valence-electron chi connectivity index (χ2n) is 4.13. The third kappa shape index (κ3) is 4.84. The van der Waals surface area contributed by atoms with Crippen molar-refractivity contribution in [3.05, 3.63) is 35.4 Å². The number of carbonyl (C=O) groups excluding carboxylic acids is 1. The Kier molecular flexibility index (Phi) is 5.62. The molecular formula is C15H17NO3. The fraction of sp³-hybridized carbons (Fsp3) is 0.333. The maximum Gasteiger partial charge on any atom is 0.349 e. The smallest absolute Gasteiger partial charge is 0.349 e. The van der Waals surface area contributed by atoms with Gasteiger partial charge in [0.2, 0.25) is 0 Å². The predicted octanol–water partition coefficient (Wildman–Crippen LogP) is 2.94. The van der Waals surface area contributed by atoms with E-state index in [4.69, 9.17) is 14.7 Å². The summed E-state index contributed by atoms with van der Waals surface area (Å²) in [5.74, 6) is 0.0880. The summed E-state index contributed by atoms with van der Waals surface area (Å²) in [4.78, 5) is 11.7. The molecule has 0 atom stereocenters. The largest absolute Gasteiger partial charge is 0.494 e. The van der Waals surface area contributed by atoms with Crippen molar-refractivity contribution in [1.29, 1.82) is 5.26 Å². The van der Waals surface area contributed by atoms with Crippen LogP contribution in [0.15, 0.2) is 29.8 Å². The van der Waals surface area contributed by atoms with E-state index in [-0.39, 0.29) is 11.7 Å². The van der Waals surface area contributed by atoms with Crippen LogP contribution in [0.25, 0.3) is 6.08 Å². The number of rotatable bonds is 5. The highest BCUT2D eigenvalue weighted by atomic mass is 16.5. The molecule has 0 aliphatic heterocycles. The number of hydrogen-bond acceptors (Lipinski definition) is 4.